The first-order valence-electron chi connectivity index (χ1n) is 1.42. The van der Waals surface area contributed by atoms with E-state index in [1.54, 1.807) is 0 Å². The van der Waals surface area contributed by atoms with Crippen LogP contribution in [-0.4, -0.2) is 18.7 Å². The molecule has 0 bridgehead atoms. The Hall–Kier alpha value is 0.150. The molecule has 1 atom stereocenters. The molecule has 1 unspecified atom stereocenters. The zero-order valence-corrected chi connectivity index (χ0v) is 4.61. The molecule has 0 spiro atoms. The molecule has 0 saturated heterocycles. The van der Waals surface area contributed by atoms with Gasteiger partial charge in [0.25, 0.3) is 0 Å². The molecule has 0 heterocycles. The van der Waals surface area contributed by atoms with Crippen LogP contribution in [0, 0.1) is 0 Å². The molecule has 4 heteroatoms. The lowest BCUT2D eigenvalue weighted by molar-refractivity contribution is 0.322. The summed E-state index contributed by atoms with van der Waals surface area (Å²) >= 11 is 0. The summed E-state index contributed by atoms with van der Waals surface area (Å²) in [6.07, 6.45) is 0. The van der Waals surface area contributed by atoms with Crippen molar-refractivity contribution in [2.75, 3.05) is 13.8 Å². The predicted molar refractivity (Wildman–Crippen MR) is 29.5 cm³/mol. The van der Waals surface area contributed by atoms with Crippen molar-refractivity contribution in [1.29, 1.82) is 0 Å². The lowest BCUT2D eigenvalue weighted by atomic mass is 11.8. The van der Waals surface area contributed by atoms with Crippen molar-refractivity contribution in [3.63, 3.8) is 0 Å². The Labute approximate surface area is 43.8 Å². The second kappa shape index (κ2) is 3.19. The maximum absolute atomic E-state index is 9.92. The van der Waals surface area contributed by atoms with Gasteiger partial charge in [0.05, 0.1) is 0 Å². The average molecular weight is 126 g/mol. The average Bonchev–Trinajstić information content (AvgIpc) is 1.35. The minimum atomic E-state index is -3.15. The SMILES string of the molecule is C.COP(C)(=O)O. The van der Waals surface area contributed by atoms with Crippen LogP contribution in [0.4, 0.5) is 0 Å². The summed E-state index contributed by atoms with van der Waals surface area (Å²) in [6, 6.07) is 0. The standard InChI is InChI=1S/C2H7O3P.CH4/c1-5-6(2,3)4;/h1-2H3,(H,3,4);1H4. The maximum atomic E-state index is 9.92. The van der Waals surface area contributed by atoms with Gasteiger partial charge in [-0.3, -0.25) is 4.57 Å². The fraction of sp³-hybridized carbons (Fsp3) is 1.00. The van der Waals surface area contributed by atoms with Crippen molar-refractivity contribution in [2.24, 2.45) is 0 Å². The maximum Gasteiger partial charge on any atom is 0.324 e. The van der Waals surface area contributed by atoms with Crippen LogP contribution >= 0.6 is 7.60 Å². The predicted octanol–water partition coefficient (Wildman–Crippen LogP) is 1.08. The quantitative estimate of drug-likeness (QED) is 0.535. The van der Waals surface area contributed by atoms with Crippen LogP contribution in [-0.2, 0) is 9.09 Å². The number of rotatable bonds is 1. The molecule has 3 nitrogen and oxygen atoms in total. The van der Waals surface area contributed by atoms with Crippen molar-refractivity contribution in [3.05, 3.63) is 0 Å². The van der Waals surface area contributed by atoms with E-state index in [4.69, 9.17) is 4.89 Å². The largest absolute Gasteiger partial charge is 0.324 e. The highest BCUT2D eigenvalue weighted by molar-refractivity contribution is 7.51. The van der Waals surface area contributed by atoms with Crippen LogP contribution in [0.5, 0.6) is 0 Å². The number of hydrogen-bond acceptors (Lipinski definition) is 2. The monoisotopic (exact) mass is 126 g/mol. The molecule has 7 heavy (non-hydrogen) atoms. The third-order valence-electron chi connectivity index (χ3n) is 0.339. The van der Waals surface area contributed by atoms with Crippen LogP contribution in [0.25, 0.3) is 0 Å². The Kier molecular flexibility index (Phi) is 4.65. The van der Waals surface area contributed by atoms with E-state index in [2.05, 4.69) is 4.52 Å². The van der Waals surface area contributed by atoms with Gasteiger partial charge in [0, 0.05) is 13.8 Å². The zero-order valence-electron chi connectivity index (χ0n) is 3.71. The van der Waals surface area contributed by atoms with Crippen LogP contribution in [0.1, 0.15) is 7.43 Å². The van der Waals surface area contributed by atoms with E-state index < -0.39 is 7.60 Å². The molecule has 0 amide bonds. The minimum absolute atomic E-state index is 0. The summed E-state index contributed by atoms with van der Waals surface area (Å²) in [6.45, 7) is 1.13. The molecule has 0 rings (SSSR count). The molecule has 0 aliphatic carbocycles. The van der Waals surface area contributed by atoms with Gasteiger partial charge in [0.2, 0.25) is 0 Å². The van der Waals surface area contributed by atoms with Crippen LogP contribution in [0.2, 0.25) is 0 Å². The first-order chi connectivity index (χ1) is 2.56. The van der Waals surface area contributed by atoms with E-state index in [9.17, 15) is 4.57 Å². The summed E-state index contributed by atoms with van der Waals surface area (Å²) in [7, 11) is -1.95. The summed E-state index contributed by atoms with van der Waals surface area (Å²) in [5.74, 6) is 0. The Balaban J connectivity index is 0. The van der Waals surface area contributed by atoms with Gasteiger partial charge in [-0.05, 0) is 0 Å². The highest BCUT2D eigenvalue weighted by Gasteiger charge is 2.02. The molecule has 0 aliphatic rings. The van der Waals surface area contributed by atoms with Gasteiger partial charge in [-0.2, -0.15) is 0 Å². The third kappa shape index (κ3) is 10.7. The van der Waals surface area contributed by atoms with Gasteiger partial charge in [-0.25, -0.2) is 0 Å². The molecule has 1 N–H and O–H groups in total. The smallest absolute Gasteiger partial charge is 0.324 e. The number of hydrogen-bond donors (Lipinski definition) is 1. The molecule has 0 aromatic carbocycles. The van der Waals surface area contributed by atoms with Crippen molar-refractivity contribution in [1.82, 2.24) is 0 Å². The highest BCUT2D eigenvalue weighted by Crippen LogP contribution is 2.34. The van der Waals surface area contributed by atoms with Gasteiger partial charge in [-0.1, -0.05) is 7.43 Å². The second-order valence-corrected chi connectivity index (χ2v) is 2.96. The molecule has 0 aliphatic heterocycles. The Morgan fingerprint density at radius 1 is 1.71 bits per heavy atom. The fourth-order valence-electron chi connectivity index (χ4n) is 0. The summed E-state index contributed by atoms with van der Waals surface area (Å²) < 4.78 is 14.0. The van der Waals surface area contributed by atoms with Crippen LogP contribution < -0.4 is 0 Å². The molecule has 0 aromatic rings. The van der Waals surface area contributed by atoms with Gasteiger partial charge in [0.15, 0.2) is 0 Å². The van der Waals surface area contributed by atoms with Gasteiger partial charge >= 0.3 is 7.60 Å². The molecule has 0 saturated carbocycles. The zero-order chi connectivity index (χ0) is 5.21. The van der Waals surface area contributed by atoms with E-state index in [0.717, 1.165) is 6.66 Å². The minimum Gasteiger partial charge on any atom is -0.324 e. The van der Waals surface area contributed by atoms with Crippen LogP contribution in [0.3, 0.4) is 0 Å². The summed E-state index contributed by atoms with van der Waals surface area (Å²) in [5, 5.41) is 0. The third-order valence-corrected chi connectivity index (χ3v) is 1.02. The molecule has 0 fully saturated rings. The lowest BCUT2D eigenvalue weighted by Gasteiger charge is -1.96. The van der Waals surface area contributed by atoms with Gasteiger partial charge < -0.3 is 9.42 Å². The Morgan fingerprint density at radius 2 is 1.86 bits per heavy atom. The summed E-state index contributed by atoms with van der Waals surface area (Å²) in [5.41, 5.74) is 0. The Morgan fingerprint density at radius 3 is 1.86 bits per heavy atom. The van der Waals surface area contributed by atoms with Crippen molar-refractivity contribution in [2.45, 2.75) is 7.43 Å². The molecule has 0 radical (unpaired) electrons. The van der Waals surface area contributed by atoms with Crippen molar-refractivity contribution >= 4 is 7.60 Å². The molecule has 0 aromatic heterocycles. The first kappa shape index (κ1) is 10.2. The molecular weight excluding hydrogens is 115 g/mol. The van der Waals surface area contributed by atoms with E-state index in [1.165, 1.54) is 7.11 Å². The highest BCUT2D eigenvalue weighted by atomic mass is 31.2. The summed E-state index contributed by atoms with van der Waals surface area (Å²) in [4.78, 5) is 8.16. The first-order valence-corrected chi connectivity index (χ1v) is 3.45. The van der Waals surface area contributed by atoms with Crippen molar-refractivity contribution < 1.29 is 14.0 Å². The van der Waals surface area contributed by atoms with Gasteiger partial charge in [-0.15, -0.1) is 0 Å². The normalized spacial score (nSPS) is 17.0. The van der Waals surface area contributed by atoms with Crippen molar-refractivity contribution in [3.8, 4) is 0 Å². The fourth-order valence-corrected chi connectivity index (χ4v) is 0. The van der Waals surface area contributed by atoms with E-state index in [0.29, 0.717) is 0 Å². The molecular formula is C3H11O3P. The lowest BCUT2D eigenvalue weighted by Crippen LogP contribution is -1.75. The second-order valence-electron chi connectivity index (χ2n) is 0.986. The van der Waals surface area contributed by atoms with E-state index in [-0.39, 0.29) is 7.43 Å². The Bertz CT molecular complexity index is 74.2. The molecule has 46 valence electrons. The van der Waals surface area contributed by atoms with Crippen LogP contribution in [0.15, 0.2) is 0 Å². The van der Waals surface area contributed by atoms with E-state index in [1.807, 2.05) is 0 Å². The van der Waals surface area contributed by atoms with E-state index >= 15 is 0 Å². The topological polar surface area (TPSA) is 46.5 Å². The van der Waals surface area contributed by atoms with Gasteiger partial charge in [0.1, 0.15) is 0 Å².